The number of likely N-dealkylation sites (tertiary alicyclic amines) is 1. The standard InChI is InChI=1S/C19H27F3N4O/c1-24-10-12-26(13-11-24)17-4-2-16(3-5-17)23-18(27)15-6-8-25(9-7-15)14-19(20,21)22/h2-5,15H,6-14H2,1H3,(H,23,27). The van der Waals surface area contributed by atoms with Gasteiger partial charge in [0.2, 0.25) is 5.91 Å². The van der Waals surface area contributed by atoms with Crippen LogP contribution in [-0.4, -0.2) is 74.7 Å². The molecule has 5 nitrogen and oxygen atoms in total. The number of piperidine rings is 1. The summed E-state index contributed by atoms with van der Waals surface area (Å²) in [5.41, 5.74) is 1.87. The largest absolute Gasteiger partial charge is 0.401 e. The number of amides is 1. The quantitative estimate of drug-likeness (QED) is 0.866. The van der Waals surface area contributed by atoms with Crippen LogP contribution in [0.1, 0.15) is 12.8 Å². The third-order valence-corrected chi connectivity index (χ3v) is 5.36. The van der Waals surface area contributed by atoms with Gasteiger partial charge >= 0.3 is 6.18 Å². The average molecular weight is 384 g/mol. The van der Waals surface area contributed by atoms with Crippen LogP contribution in [0.3, 0.4) is 0 Å². The molecule has 3 rings (SSSR count). The Balaban J connectivity index is 1.47. The van der Waals surface area contributed by atoms with Crippen molar-refractivity contribution < 1.29 is 18.0 Å². The van der Waals surface area contributed by atoms with Crippen molar-refractivity contribution in [2.45, 2.75) is 19.0 Å². The van der Waals surface area contributed by atoms with Gasteiger partial charge in [-0.05, 0) is 57.2 Å². The molecule has 2 saturated heterocycles. The lowest BCUT2D eigenvalue weighted by molar-refractivity contribution is -0.149. The monoisotopic (exact) mass is 384 g/mol. The van der Waals surface area contributed by atoms with E-state index in [-0.39, 0.29) is 11.8 Å². The number of carbonyl (C=O) groups is 1. The van der Waals surface area contributed by atoms with Crippen LogP contribution in [0, 0.1) is 5.92 Å². The predicted molar refractivity (Wildman–Crippen MR) is 100 cm³/mol. The van der Waals surface area contributed by atoms with Crippen molar-refractivity contribution in [2.75, 3.05) is 63.1 Å². The first-order valence-corrected chi connectivity index (χ1v) is 9.44. The zero-order valence-corrected chi connectivity index (χ0v) is 15.6. The van der Waals surface area contributed by atoms with Crippen molar-refractivity contribution in [1.82, 2.24) is 9.80 Å². The normalized spacial score (nSPS) is 20.7. The molecule has 1 amide bonds. The molecule has 0 radical (unpaired) electrons. The van der Waals surface area contributed by atoms with E-state index in [0.717, 1.165) is 37.6 Å². The molecule has 2 heterocycles. The summed E-state index contributed by atoms with van der Waals surface area (Å²) >= 11 is 0. The maximum atomic E-state index is 12.4. The highest BCUT2D eigenvalue weighted by atomic mass is 19.4. The molecule has 0 saturated carbocycles. The number of halogens is 3. The van der Waals surface area contributed by atoms with Crippen LogP contribution in [0.5, 0.6) is 0 Å². The van der Waals surface area contributed by atoms with Gasteiger partial charge < -0.3 is 15.1 Å². The van der Waals surface area contributed by atoms with Crippen LogP contribution >= 0.6 is 0 Å². The number of likely N-dealkylation sites (N-methyl/N-ethyl adjacent to an activating group) is 1. The van der Waals surface area contributed by atoms with Gasteiger partial charge in [0.15, 0.2) is 0 Å². The van der Waals surface area contributed by atoms with Crippen LogP contribution in [0.15, 0.2) is 24.3 Å². The summed E-state index contributed by atoms with van der Waals surface area (Å²) in [5, 5.41) is 2.91. The van der Waals surface area contributed by atoms with Gasteiger partial charge in [-0.2, -0.15) is 13.2 Å². The molecule has 0 aliphatic carbocycles. The minimum absolute atomic E-state index is 0.103. The van der Waals surface area contributed by atoms with Gasteiger partial charge in [-0.15, -0.1) is 0 Å². The maximum Gasteiger partial charge on any atom is 0.401 e. The van der Waals surface area contributed by atoms with E-state index in [1.807, 2.05) is 24.3 Å². The third kappa shape index (κ3) is 5.84. The molecule has 2 aliphatic rings. The smallest absolute Gasteiger partial charge is 0.369 e. The molecule has 1 N–H and O–H groups in total. The molecule has 1 aromatic rings. The average Bonchev–Trinajstić information content (AvgIpc) is 2.62. The van der Waals surface area contributed by atoms with Crippen LogP contribution < -0.4 is 10.2 Å². The fourth-order valence-electron chi connectivity index (χ4n) is 3.67. The van der Waals surface area contributed by atoms with E-state index in [1.165, 1.54) is 4.90 Å². The van der Waals surface area contributed by atoms with Gasteiger partial charge in [0.05, 0.1) is 6.54 Å². The Morgan fingerprint density at radius 1 is 1.04 bits per heavy atom. The van der Waals surface area contributed by atoms with Gasteiger partial charge in [0.1, 0.15) is 0 Å². The first-order chi connectivity index (χ1) is 12.8. The van der Waals surface area contributed by atoms with Crippen molar-refractivity contribution in [3.05, 3.63) is 24.3 Å². The molecule has 0 spiro atoms. The number of alkyl halides is 3. The van der Waals surface area contributed by atoms with Gasteiger partial charge in [0, 0.05) is 43.5 Å². The van der Waals surface area contributed by atoms with E-state index in [0.29, 0.717) is 25.9 Å². The lowest BCUT2D eigenvalue weighted by atomic mass is 9.96. The van der Waals surface area contributed by atoms with Gasteiger partial charge in [-0.25, -0.2) is 0 Å². The number of nitrogens with zero attached hydrogens (tertiary/aromatic N) is 3. The Hall–Kier alpha value is -1.80. The van der Waals surface area contributed by atoms with Crippen LogP contribution in [-0.2, 0) is 4.79 Å². The highest BCUT2D eigenvalue weighted by molar-refractivity contribution is 5.92. The second-order valence-electron chi connectivity index (χ2n) is 7.49. The molecule has 1 aromatic carbocycles. The summed E-state index contributed by atoms with van der Waals surface area (Å²) in [4.78, 5) is 18.4. The van der Waals surface area contributed by atoms with Gasteiger partial charge in [0.25, 0.3) is 0 Å². The summed E-state index contributed by atoms with van der Waals surface area (Å²) in [7, 11) is 2.11. The number of piperazine rings is 1. The number of hydrogen-bond acceptors (Lipinski definition) is 4. The Labute approximate surface area is 158 Å². The molecule has 0 unspecified atom stereocenters. The Morgan fingerprint density at radius 2 is 1.63 bits per heavy atom. The van der Waals surface area contributed by atoms with E-state index in [4.69, 9.17) is 0 Å². The molecule has 27 heavy (non-hydrogen) atoms. The molecule has 2 fully saturated rings. The minimum Gasteiger partial charge on any atom is -0.369 e. The molecule has 8 heteroatoms. The number of carbonyl (C=O) groups excluding carboxylic acids is 1. The van der Waals surface area contributed by atoms with Crippen molar-refractivity contribution in [2.24, 2.45) is 5.92 Å². The van der Waals surface area contributed by atoms with E-state index in [2.05, 4.69) is 22.2 Å². The van der Waals surface area contributed by atoms with Crippen molar-refractivity contribution in [3.8, 4) is 0 Å². The minimum atomic E-state index is -4.18. The lowest BCUT2D eigenvalue weighted by Crippen LogP contribution is -2.44. The first-order valence-electron chi connectivity index (χ1n) is 9.44. The highest BCUT2D eigenvalue weighted by Crippen LogP contribution is 2.24. The highest BCUT2D eigenvalue weighted by Gasteiger charge is 2.33. The number of hydrogen-bond donors (Lipinski definition) is 1. The van der Waals surface area contributed by atoms with Crippen LogP contribution in [0.4, 0.5) is 24.5 Å². The van der Waals surface area contributed by atoms with Crippen molar-refractivity contribution in [3.63, 3.8) is 0 Å². The van der Waals surface area contributed by atoms with E-state index < -0.39 is 12.7 Å². The number of benzene rings is 1. The van der Waals surface area contributed by atoms with E-state index in [1.54, 1.807) is 0 Å². The fourth-order valence-corrected chi connectivity index (χ4v) is 3.67. The second-order valence-corrected chi connectivity index (χ2v) is 7.49. The van der Waals surface area contributed by atoms with E-state index in [9.17, 15) is 18.0 Å². The molecular formula is C19H27F3N4O. The summed E-state index contributed by atoms with van der Waals surface area (Å²) in [6.07, 6.45) is -3.26. The molecule has 2 aliphatic heterocycles. The molecule has 0 aromatic heterocycles. The van der Waals surface area contributed by atoms with Gasteiger partial charge in [-0.1, -0.05) is 0 Å². The summed E-state index contributed by atoms with van der Waals surface area (Å²) in [6, 6.07) is 7.80. The van der Waals surface area contributed by atoms with E-state index >= 15 is 0 Å². The molecule has 0 atom stereocenters. The SMILES string of the molecule is CN1CCN(c2ccc(NC(=O)C3CCN(CC(F)(F)F)CC3)cc2)CC1. The molecule has 0 bridgehead atoms. The summed E-state index contributed by atoms with van der Waals surface area (Å²) < 4.78 is 37.3. The lowest BCUT2D eigenvalue weighted by Gasteiger charge is -2.34. The Bertz CT molecular complexity index is 619. The first kappa shape index (κ1) is 19.9. The number of nitrogens with one attached hydrogen (secondary N) is 1. The number of anilines is 2. The summed E-state index contributed by atoms with van der Waals surface area (Å²) in [5.74, 6) is -0.333. The molecular weight excluding hydrogens is 357 g/mol. The van der Waals surface area contributed by atoms with Crippen molar-refractivity contribution >= 4 is 17.3 Å². The predicted octanol–water partition coefficient (Wildman–Crippen LogP) is 2.65. The molecule has 150 valence electrons. The Kier molecular flexibility index (Phi) is 6.26. The van der Waals surface area contributed by atoms with Crippen LogP contribution in [0.25, 0.3) is 0 Å². The fraction of sp³-hybridized carbons (Fsp3) is 0.632. The second kappa shape index (κ2) is 8.48. The maximum absolute atomic E-state index is 12.4. The van der Waals surface area contributed by atoms with Crippen LogP contribution in [0.2, 0.25) is 0 Å². The van der Waals surface area contributed by atoms with Gasteiger partial charge in [-0.3, -0.25) is 9.69 Å². The zero-order chi connectivity index (χ0) is 19.4. The Morgan fingerprint density at radius 3 is 2.19 bits per heavy atom. The number of rotatable bonds is 4. The third-order valence-electron chi connectivity index (χ3n) is 5.36. The summed E-state index contributed by atoms with van der Waals surface area (Å²) in [6.45, 7) is 3.75. The van der Waals surface area contributed by atoms with Crippen molar-refractivity contribution in [1.29, 1.82) is 0 Å². The topological polar surface area (TPSA) is 38.8 Å². The zero-order valence-electron chi connectivity index (χ0n) is 15.6.